The van der Waals surface area contributed by atoms with Gasteiger partial charge in [0.25, 0.3) is 0 Å². The lowest BCUT2D eigenvalue weighted by Crippen LogP contribution is -2.45. The van der Waals surface area contributed by atoms with Gasteiger partial charge in [0.05, 0.1) is 0 Å². The van der Waals surface area contributed by atoms with Crippen molar-refractivity contribution in [3.8, 4) is 5.75 Å². The van der Waals surface area contributed by atoms with Crippen LogP contribution in [0.15, 0.2) is 36.4 Å². The third-order valence-electron chi connectivity index (χ3n) is 6.92. The van der Waals surface area contributed by atoms with E-state index in [1.165, 1.54) is 5.56 Å². The first-order valence-electron chi connectivity index (χ1n) is 12.7. The molecule has 0 aromatic heterocycles. The lowest BCUT2D eigenvalue weighted by molar-refractivity contribution is 0.138. The van der Waals surface area contributed by atoms with Gasteiger partial charge < -0.3 is 15.3 Å². The molecule has 2 N–H and O–H groups in total. The molecule has 0 spiro atoms. The predicted octanol–water partition coefficient (Wildman–Crippen LogP) is 7.43. The number of rotatable bonds is 4. The average Bonchev–Trinajstić information content (AvgIpc) is 2.71. The van der Waals surface area contributed by atoms with Crippen LogP contribution in [0.5, 0.6) is 5.75 Å². The Bertz CT molecular complexity index is 990. The molecule has 3 rings (SSSR count). The number of aromatic hydroxyl groups is 1. The zero-order valence-electron chi connectivity index (χ0n) is 22.5. The van der Waals surface area contributed by atoms with E-state index in [2.05, 4.69) is 78.9 Å². The number of aryl methyl sites for hydroxylation is 2. The summed E-state index contributed by atoms with van der Waals surface area (Å²) >= 11 is 0. The van der Waals surface area contributed by atoms with Crippen molar-refractivity contribution in [1.82, 2.24) is 4.90 Å². The van der Waals surface area contributed by atoms with E-state index in [-0.39, 0.29) is 22.3 Å². The van der Waals surface area contributed by atoms with Crippen LogP contribution in [0.1, 0.15) is 90.5 Å². The smallest absolute Gasteiger partial charge is 0.321 e. The first-order valence-corrected chi connectivity index (χ1v) is 12.7. The van der Waals surface area contributed by atoms with Gasteiger partial charge in [-0.2, -0.15) is 0 Å². The summed E-state index contributed by atoms with van der Waals surface area (Å²) in [6.45, 7) is 18.9. The van der Waals surface area contributed by atoms with Crippen LogP contribution in [0.3, 0.4) is 0 Å². The van der Waals surface area contributed by atoms with Crippen molar-refractivity contribution in [3.05, 3.63) is 58.7 Å². The molecule has 186 valence electrons. The van der Waals surface area contributed by atoms with Crippen LogP contribution >= 0.6 is 0 Å². The summed E-state index contributed by atoms with van der Waals surface area (Å²) < 4.78 is 0. The molecule has 1 aliphatic rings. The number of hydrogen-bond acceptors (Lipinski definition) is 2. The number of piperidine rings is 1. The maximum Gasteiger partial charge on any atom is 0.321 e. The minimum Gasteiger partial charge on any atom is -0.507 e. The fraction of sp³-hybridized carbons (Fsp3) is 0.567. The Hall–Kier alpha value is -2.49. The van der Waals surface area contributed by atoms with Crippen molar-refractivity contribution in [1.29, 1.82) is 0 Å². The third-order valence-corrected chi connectivity index (χ3v) is 6.92. The lowest BCUT2D eigenvalue weighted by Gasteiger charge is -2.38. The maximum absolute atomic E-state index is 13.0. The van der Waals surface area contributed by atoms with E-state index in [0.29, 0.717) is 5.75 Å². The van der Waals surface area contributed by atoms with Gasteiger partial charge in [0.1, 0.15) is 5.75 Å². The van der Waals surface area contributed by atoms with E-state index in [4.69, 9.17) is 0 Å². The van der Waals surface area contributed by atoms with Gasteiger partial charge >= 0.3 is 6.03 Å². The largest absolute Gasteiger partial charge is 0.507 e. The molecule has 0 unspecified atom stereocenters. The standard InChI is InChI=1S/C30H44N2O2/c1-28(2,3)23-18-21(19-24(26(23)33)29(4,5)6)14-15-22-12-9-10-13-25(22)31-27(34)32-17-11-16-30(7,8)20-32/h9-10,12-13,18-19,33H,11,14-17,20H2,1-8H3,(H,31,34). The van der Waals surface area contributed by atoms with Crippen molar-refractivity contribution < 1.29 is 9.90 Å². The van der Waals surface area contributed by atoms with Crippen molar-refractivity contribution in [2.75, 3.05) is 18.4 Å². The van der Waals surface area contributed by atoms with Crippen LogP contribution in [0.25, 0.3) is 0 Å². The fourth-order valence-corrected chi connectivity index (χ4v) is 4.91. The van der Waals surface area contributed by atoms with E-state index in [1.54, 1.807) is 0 Å². The van der Waals surface area contributed by atoms with Gasteiger partial charge in [-0.1, -0.05) is 85.7 Å². The molecule has 4 nitrogen and oxygen atoms in total. The molecule has 1 saturated heterocycles. The highest BCUT2D eigenvalue weighted by molar-refractivity contribution is 5.90. The fourth-order valence-electron chi connectivity index (χ4n) is 4.91. The van der Waals surface area contributed by atoms with Crippen molar-refractivity contribution in [2.45, 2.75) is 91.9 Å². The highest BCUT2D eigenvalue weighted by Gasteiger charge is 2.29. The Labute approximate surface area is 206 Å². The van der Waals surface area contributed by atoms with Gasteiger partial charge in [-0.15, -0.1) is 0 Å². The summed E-state index contributed by atoms with van der Waals surface area (Å²) in [4.78, 5) is 15.0. The second-order valence-corrected chi connectivity index (χ2v) is 12.8. The summed E-state index contributed by atoms with van der Waals surface area (Å²) in [5.41, 5.74) is 5.10. The van der Waals surface area contributed by atoms with Gasteiger partial charge in [0, 0.05) is 18.8 Å². The number of phenolic OH excluding ortho intramolecular Hbond substituents is 1. The topological polar surface area (TPSA) is 52.6 Å². The molecule has 0 saturated carbocycles. The van der Waals surface area contributed by atoms with Gasteiger partial charge in [0.2, 0.25) is 0 Å². The molecule has 0 aliphatic carbocycles. The molecule has 0 bridgehead atoms. The molecule has 1 aliphatic heterocycles. The Morgan fingerprint density at radius 2 is 1.59 bits per heavy atom. The highest BCUT2D eigenvalue weighted by atomic mass is 16.3. The van der Waals surface area contributed by atoms with E-state index in [9.17, 15) is 9.90 Å². The first kappa shape index (κ1) is 26.1. The lowest BCUT2D eigenvalue weighted by atomic mass is 9.78. The highest BCUT2D eigenvalue weighted by Crippen LogP contribution is 2.40. The Morgan fingerprint density at radius 1 is 1.00 bits per heavy atom. The summed E-state index contributed by atoms with van der Waals surface area (Å²) in [6.07, 6.45) is 3.87. The quantitative estimate of drug-likeness (QED) is 0.494. The second-order valence-electron chi connectivity index (χ2n) is 12.8. The monoisotopic (exact) mass is 464 g/mol. The van der Waals surface area contributed by atoms with Gasteiger partial charge in [-0.25, -0.2) is 4.79 Å². The van der Waals surface area contributed by atoms with Gasteiger partial charge in [-0.05, 0) is 70.2 Å². The summed E-state index contributed by atoms with van der Waals surface area (Å²) in [6, 6.07) is 12.4. The van der Waals surface area contributed by atoms with Crippen molar-refractivity contribution >= 4 is 11.7 Å². The number of carbonyl (C=O) groups excluding carboxylic acids is 1. The number of benzene rings is 2. The number of nitrogens with one attached hydrogen (secondary N) is 1. The van der Waals surface area contributed by atoms with Crippen LogP contribution in [-0.2, 0) is 23.7 Å². The van der Waals surface area contributed by atoms with E-state index in [1.807, 2.05) is 23.1 Å². The van der Waals surface area contributed by atoms with E-state index < -0.39 is 0 Å². The number of hydrogen-bond donors (Lipinski definition) is 2. The Balaban J connectivity index is 1.81. The van der Waals surface area contributed by atoms with Crippen molar-refractivity contribution in [3.63, 3.8) is 0 Å². The zero-order valence-corrected chi connectivity index (χ0v) is 22.5. The number of nitrogens with zero attached hydrogens (tertiary/aromatic N) is 1. The molecule has 2 amide bonds. The Kier molecular flexibility index (Phi) is 7.40. The van der Waals surface area contributed by atoms with Crippen LogP contribution in [-0.4, -0.2) is 29.1 Å². The van der Waals surface area contributed by atoms with Crippen LogP contribution in [0.4, 0.5) is 10.5 Å². The maximum atomic E-state index is 13.0. The molecular formula is C30H44N2O2. The normalized spacial score (nSPS) is 16.4. The van der Waals surface area contributed by atoms with Crippen LogP contribution in [0.2, 0.25) is 0 Å². The van der Waals surface area contributed by atoms with Crippen molar-refractivity contribution in [2.24, 2.45) is 5.41 Å². The molecule has 0 radical (unpaired) electrons. The number of carbonyl (C=O) groups is 1. The molecular weight excluding hydrogens is 420 g/mol. The minimum atomic E-state index is -0.145. The van der Waals surface area contributed by atoms with Crippen LogP contribution < -0.4 is 5.32 Å². The Morgan fingerprint density at radius 3 is 2.15 bits per heavy atom. The minimum absolute atomic E-state index is 0.00473. The average molecular weight is 465 g/mol. The molecule has 1 fully saturated rings. The molecule has 34 heavy (non-hydrogen) atoms. The first-order chi connectivity index (χ1) is 15.7. The number of phenols is 1. The van der Waals surface area contributed by atoms with E-state index in [0.717, 1.165) is 61.2 Å². The summed E-state index contributed by atoms with van der Waals surface area (Å²) in [7, 11) is 0. The number of para-hydroxylation sites is 1. The molecule has 4 heteroatoms. The molecule has 2 aromatic carbocycles. The molecule has 2 aromatic rings. The molecule has 0 atom stereocenters. The van der Waals surface area contributed by atoms with Gasteiger partial charge in [0.15, 0.2) is 0 Å². The number of anilines is 1. The SMILES string of the molecule is CC1(C)CCCN(C(=O)Nc2ccccc2CCc2cc(C(C)(C)C)c(O)c(C(C)(C)C)c2)C1. The third kappa shape index (κ3) is 6.34. The number of amides is 2. The molecule has 1 heterocycles. The van der Waals surface area contributed by atoms with Crippen LogP contribution in [0, 0.1) is 5.41 Å². The number of likely N-dealkylation sites (tertiary alicyclic amines) is 1. The summed E-state index contributed by atoms with van der Waals surface area (Å²) in [5, 5.41) is 14.2. The zero-order chi connectivity index (χ0) is 25.3. The summed E-state index contributed by atoms with van der Waals surface area (Å²) in [5.74, 6) is 0.417. The van der Waals surface area contributed by atoms with Gasteiger partial charge in [-0.3, -0.25) is 0 Å². The van der Waals surface area contributed by atoms with E-state index >= 15 is 0 Å². The number of urea groups is 1. The predicted molar refractivity (Wildman–Crippen MR) is 143 cm³/mol. The second kappa shape index (κ2) is 9.64.